The zero-order chi connectivity index (χ0) is 14.4. The van der Waals surface area contributed by atoms with Crippen molar-refractivity contribution in [3.05, 3.63) is 0 Å². The molecule has 1 aliphatic heterocycles. The number of rotatable bonds is 5. The highest BCUT2D eigenvalue weighted by atomic mass is 16.2. The first kappa shape index (κ1) is 15.9. The second-order valence-electron chi connectivity index (χ2n) is 5.48. The Morgan fingerprint density at radius 2 is 1.74 bits per heavy atom. The van der Waals surface area contributed by atoms with Crippen molar-refractivity contribution in [1.29, 1.82) is 0 Å². The molecule has 0 unspecified atom stereocenters. The van der Waals surface area contributed by atoms with Gasteiger partial charge in [0.2, 0.25) is 11.8 Å². The third-order valence-corrected chi connectivity index (χ3v) is 3.24. The second kappa shape index (κ2) is 7.45. The van der Waals surface area contributed by atoms with Gasteiger partial charge in [-0.25, -0.2) is 0 Å². The molecule has 0 aliphatic carbocycles. The molecule has 1 aliphatic rings. The van der Waals surface area contributed by atoms with Crippen molar-refractivity contribution in [2.45, 2.75) is 19.9 Å². The smallest absolute Gasteiger partial charge is 0.236 e. The van der Waals surface area contributed by atoms with Crippen molar-refractivity contribution >= 4 is 11.8 Å². The highest BCUT2D eigenvalue weighted by molar-refractivity contribution is 5.79. The van der Waals surface area contributed by atoms with E-state index >= 15 is 0 Å². The zero-order valence-electron chi connectivity index (χ0n) is 12.5. The Morgan fingerprint density at radius 1 is 1.16 bits per heavy atom. The van der Waals surface area contributed by atoms with Crippen LogP contribution in [-0.4, -0.2) is 85.9 Å². The van der Waals surface area contributed by atoms with Crippen LogP contribution in [0.5, 0.6) is 0 Å². The van der Waals surface area contributed by atoms with Crippen LogP contribution >= 0.6 is 0 Å². The Labute approximate surface area is 115 Å². The summed E-state index contributed by atoms with van der Waals surface area (Å²) in [5.74, 6) is 0.258. The fraction of sp³-hybridized carbons (Fsp3) is 0.846. The van der Waals surface area contributed by atoms with Crippen molar-refractivity contribution in [3.63, 3.8) is 0 Å². The lowest BCUT2D eigenvalue weighted by atomic mass is 10.3. The second-order valence-corrected chi connectivity index (χ2v) is 5.48. The van der Waals surface area contributed by atoms with Gasteiger partial charge >= 0.3 is 0 Å². The summed E-state index contributed by atoms with van der Waals surface area (Å²) in [7, 11) is 3.53. The van der Waals surface area contributed by atoms with E-state index in [0.29, 0.717) is 32.2 Å². The average Bonchev–Trinajstić information content (AvgIpc) is 2.36. The quantitative estimate of drug-likeness (QED) is 0.712. The minimum atomic E-state index is 0.112. The molecule has 1 fully saturated rings. The van der Waals surface area contributed by atoms with Crippen LogP contribution in [0.2, 0.25) is 0 Å². The first-order chi connectivity index (χ1) is 8.90. The topological polar surface area (TPSA) is 55.9 Å². The van der Waals surface area contributed by atoms with Gasteiger partial charge in [-0.05, 0) is 0 Å². The number of likely N-dealkylation sites (N-methyl/N-ethyl adjacent to an activating group) is 1. The van der Waals surface area contributed by atoms with Gasteiger partial charge in [0.15, 0.2) is 0 Å². The van der Waals surface area contributed by atoms with E-state index < -0.39 is 0 Å². The van der Waals surface area contributed by atoms with Crippen molar-refractivity contribution in [2.24, 2.45) is 0 Å². The Morgan fingerprint density at radius 3 is 2.21 bits per heavy atom. The fourth-order valence-electron chi connectivity index (χ4n) is 1.89. The Balaban J connectivity index is 2.28. The number of hydrogen-bond donors (Lipinski definition) is 1. The monoisotopic (exact) mass is 270 g/mol. The first-order valence-corrected chi connectivity index (χ1v) is 6.84. The van der Waals surface area contributed by atoms with Gasteiger partial charge in [-0.2, -0.15) is 0 Å². The fourth-order valence-corrected chi connectivity index (χ4v) is 1.89. The van der Waals surface area contributed by atoms with Gasteiger partial charge < -0.3 is 15.1 Å². The summed E-state index contributed by atoms with van der Waals surface area (Å²) >= 11 is 0. The van der Waals surface area contributed by atoms with E-state index in [4.69, 9.17) is 0 Å². The Bertz CT molecular complexity index is 310. The maximum Gasteiger partial charge on any atom is 0.236 e. The lowest BCUT2D eigenvalue weighted by molar-refractivity contribution is -0.133. The molecule has 1 N–H and O–H groups in total. The van der Waals surface area contributed by atoms with Crippen LogP contribution in [0.15, 0.2) is 0 Å². The van der Waals surface area contributed by atoms with Crippen LogP contribution in [0.3, 0.4) is 0 Å². The molecular weight excluding hydrogens is 244 g/mol. The number of amides is 2. The van der Waals surface area contributed by atoms with E-state index in [1.165, 1.54) is 0 Å². The summed E-state index contributed by atoms with van der Waals surface area (Å²) in [6, 6.07) is 0.322. The molecule has 6 heteroatoms. The summed E-state index contributed by atoms with van der Waals surface area (Å²) in [6.45, 7) is 7.85. The maximum absolute atomic E-state index is 11.9. The van der Waals surface area contributed by atoms with Gasteiger partial charge in [0.1, 0.15) is 0 Å². The van der Waals surface area contributed by atoms with Crippen molar-refractivity contribution in [2.75, 3.05) is 53.4 Å². The van der Waals surface area contributed by atoms with Crippen LogP contribution in [0, 0.1) is 0 Å². The van der Waals surface area contributed by atoms with E-state index in [1.807, 2.05) is 18.7 Å². The number of nitrogens with zero attached hydrogens (tertiary/aromatic N) is 3. The van der Waals surface area contributed by atoms with E-state index in [0.717, 1.165) is 13.1 Å². The molecule has 1 saturated heterocycles. The highest BCUT2D eigenvalue weighted by Crippen LogP contribution is 2.02. The van der Waals surface area contributed by atoms with Crippen LogP contribution in [0.25, 0.3) is 0 Å². The molecule has 19 heavy (non-hydrogen) atoms. The molecule has 110 valence electrons. The summed E-state index contributed by atoms with van der Waals surface area (Å²) in [4.78, 5) is 29.1. The molecule has 0 saturated carbocycles. The van der Waals surface area contributed by atoms with Gasteiger partial charge in [0.25, 0.3) is 0 Å². The normalized spacial score (nSPS) is 16.8. The van der Waals surface area contributed by atoms with Crippen LogP contribution < -0.4 is 5.32 Å². The van der Waals surface area contributed by atoms with Crippen molar-refractivity contribution in [3.8, 4) is 0 Å². The van der Waals surface area contributed by atoms with Crippen molar-refractivity contribution in [1.82, 2.24) is 20.0 Å². The molecule has 2 amide bonds. The summed E-state index contributed by atoms with van der Waals surface area (Å²) in [6.07, 6.45) is 0. The predicted molar refractivity (Wildman–Crippen MR) is 74.9 cm³/mol. The van der Waals surface area contributed by atoms with E-state index in [-0.39, 0.29) is 11.8 Å². The van der Waals surface area contributed by atoms with Gasteiger partial charge in [-0.15, -0.1) is 0 Å². The van der Waals surface area contributed by atoms with Crippen LogP contribution in [-0.2, 0) is 9.59 Å². The largest absolute Gasteiger partial charge is 0.348 e. The van der Waals surface area contributed by atoms with E-state index in [2.05, 4.69) is 10.2 Å². The number of carbonyl (C=O) groups is 2. The predicted octanol–water partition coefficient (Wildman–Crippen LogP) is -0.783. The summed E-state index contributed by atoms with van der Waals surface area (Å²) < 4.78 is 0. The summed E-state index contributed by atoms with van der Waals surface area (Å²) in [5.41, 5.74) is 0. The van der Waals surface area contributed by atoms with Gasteiger partial charge in [-0.1, -0.05) is 13.8 Å². The molecule has 1 heterocycles. The lowest BCUT2D eigenvalue weighted by Gasteiger charge is -2.35. The summed E-state index contributed by atoms with van der Waals surface area (Å²) in [5, 5.41) is 3.14. The third-order valence-electron chi connectivity index (χ3n) is 3.24. The third kappa shape index (κ3) is 5.57. The number of hydrogen-bond acceptors (Lipinski definition) is 4. The first-order valence-electron chi connectivity index (χ1n) is 6.84. The maximum atomic E-state index is 11.9. The minimum absolute atomic E-state index is 0.112. The molecule has 0 aromatic heterocycles. The molecule has 0 radical (unpaired) electrons. The van der Waals surface area contributed by atoms with E-state index in [9.17, 15) is 9.59 Å². The highest BCUT2D eigenvalue weighted by Gasteiger charge is 2.22. The zero-order valence-corrected chi connectivity index (χ0v) is 12.5. The molecule has 6 nitrogen and oxygen atoms in total. The van der Waals surface area contributed by atoms with Crippen LogP contribution in [0.4, 0.5) is 0 Å². The number of nitrogens with one attached hydrogen (secondary N) is 1. The SMILES string of the molecule is CC(C)NCC(=O)N1CCN(CC(=O)N(C)C)CC1. The standard InChI is InChI=1S/C13H26N4O2/c1-11(2)14-9-12(18)17-7-5-16(6-8-17)10-13(19)15(3)4/h11,14H,5-10H2,1-4H3. The van der Waals surface area contributed by atoms with Gasteiger partial charge in [0.05, 0.1) is 13.1 Å². The molecule has 0 spiro atoms. The average molecular weight is 270 g/mol. The van der Waals surface area contributed by atoms with Crippen LogP contribution in [0.1, 0.15) is 13.8 Å². The Kier molecular flexibility index (Phi) is 6.24. The lowest BCUT2D eigenvalue weighted by Crippen LogP contribution is -2.52. The number of carbonyl (C=O) groups excluding carboxylic acids is 2. The molecular formula is C13H26N4O2. The molecule has 0 aromatic carbocycles. The molecule has 0 aromatic rings. The number of piperazine rings is 1. The van der Waals surface area contributed by atoms with E-state index in [1.54, 1.807) is 19.0 Å². The van der Waals surface area contributed by atoms with Gasteiger partial charge in [0, 0.05) is 46.3 Å². The minimum Gasteiger partial charge on any atom is -0.348 e. The molecule has 0 bridgehead atoms. The van der Waals surface area contributed by atoms with Gasteiger partial charge in [-0.3, -0.25) is 14.5 Å². The van der Waals surface area contributed by atoms with Crippen molar-refractivity contribution < 1.29 is 9.59 Å². The Hall–Kier alpha value is -1.14. The molecule has 0 atom stereocenters. The molecule has 1 rings (SSSR count).